The lowest BCUT2D eigenvalue weighted by molar-refractivity contribution is -0.745. The van der Waals surface area contributed by atoms with Crippen LogP contribution in [-0.2, 0) is 22.7 Å². The molecule has 3 rings (SSSR count). The van der Waals surface area contributed by atoms with Crippen LogP contribution in [0.15, 0.2) is 12.7 Å². The van der Waals surface area contributed by atoms with E-state index < -0.39 is 46.6 Å². The highest BCUT2D eigenvalue weighted by molar-refractivity contribution is 7.62. The number of aliphatic hydroxyl groups excluding tert-OH is 2. The van der Waals surface area contributed by atoms with Crippen molar-refractivity contribution in [3.8, 4) is 0 Å². The number of aromatic nitrogens is 4. The Hall–Kier alpha value is -1.47. The number of phosphoric ester groups is 1. The predicted molar refractivity (Wildman–Crippen MR) is 82.6 cm³/mol. The number of hydrogen-bond acceptors (Lipinski definition) is 12. The van der Waals surface area contributed by atoms with Gasteiger partial charge in [-0.3, -0.25) is 13.9 Å². The minimum atomic E-state index is -5.19. The summed E-state index contributed by atoms with van der Waals surface area (Å²) in [6.07, 6.45) is -2.88. The number of anilines is 1. The molecule has 0 radical (unpaired) electrons. The fraction of sp³-hybridized carbons (Fsp3) is 0.545. The summed E-state index contributed by atoms with van der Waals surface area (Å²) >= 11 is 0. The maximum atomic E-state index is 11.5. The van der Waals surface area contributed by atoms with Crippen molar-refractivity contribution in [2.45, 2.75) is 24.5 Å². The van der Waals surface area contributed by atoms with E-state index in [0.29, 0.717) is 12.2 Å². The lowest BCUT2D eigenvalue weighted by atomic mass is 10.1. The Bertz CT molecular complexity index is 932. The highest BCUT2D eigenvalue weighted by Gasteiger charge is 2.47. The number of fused-ring (bicyclic) bond motifs is 1. The molecule has 1 saturated heterocycles. The van der Waals surface area contributed by atoms with E-state index in [1.807, 2.05) is 0 Å². The molecular weight excluding hydrogens is 408 g/mol. The van der Waals surface area contributed by atoms with E-state index in [0.717, 1.165) is 0 Å². The molecule has 3 unspecified atom stereocenters. The summed E-state index contributed by atoms with van der Waals surface area (Å²) < 4.78 is 37.5. The zero-order chi connectivity index (χ0) is 20.0. The van der Waals surface area contributed by atoms with Gasteiger partial charge in [-0.15, -0.1) is 0 Å². The van der Waals surface area contributed by atoms with E-state index in [1.165, 1.54) is 17.2 Å². The molecule has 3 heterocycles. The summed E-state index contributed by atoms with van der Waals surface area (Å²) in [5.41, 5.74) is 6.35. The third kappa shape index (κ3) is 4.35. The van der Waals surface area contributed by atoms with Crippen LogP contribution in [0, 0.1) is 0 Å². The maximum absolute atomic E-state index is 11.5. The van der Waals surface area contributed by atoms with Gasteiger partial charge in [0.05, 0.1) is 6.61 Å². The number of ether oxygens (including phenoxy) is 1. The van der Waals surface area contributed by atoms with Gasteiger partial charge in [-0.1, -0.05) is 4.98 Å². The summed E-state index contributed by atoms with van der Waals surface area (Å²) in [6.45, 7) is -0.224. The van der Waals surface area contributed by atoms with Gasteiger partial charge in [0.15, 0.2) is 18.5 Å². The molecule has 27 heavy (non-hydrogen) atoms. The lowest BCUT2D eigenvalue weighted by Crippen LogP contribution is -2.45. The monoisotopic (exact) mass is 424 g/mol. The molecule has 14 nitrogen and oxygen atoms in total. The zero-order valence-corrected chi connectivity index (χ0v) is 15.5. The number of rotatable bonds is 6. The average molecular weight is 424 g/mol. The molecular formula is C11H16N5O9P2-. The predicted octanol–water partition coefficient (Wildman–Crippen LogP) is -2.87. The van der Waals surface area contributed by atoms with Gasteiger partial charge in [0.1, 0.15) is 25.9 Å². The van der Waals surface area contributed by atoms with Gasteiger partial charge < -0.3 is 39.6 Å². The van der Waals surface area contributed by atoms with E-state index in [2.05, 4.69) is 23.8 Å². The number of phosphoric acid groups is 1. The van der Waals surface area contributed by atoms with E-state index >= 15 is 0 Å². The summed E-state index contributed by atoms with van der Waals surface area (Å²) in [7, 11) is -9.78. The van der Waals surface area contributed by atoms with E-state index in [9.17, 15) is 29.1 Å². The molecule has 2 aromatic rings. The van der Waals surface area contributed by atoms with Gasteiger partial charge in [-0.2, -0.15) is 4.98 Å². The van der Waals surface area contributed by atoms with Crippen molar-refractivity contribution in [1.82, 2.24) is 15.0 Å². The van der Waals surface area contributed by atoms with Crippen LogP contribution >= 0.6 is 15.4 Å². The first-order valence-corrected chi connectivity index (χ1v) is 10.9. The number of imidazole rings is 1. The molecule has 1 aliphatic rings. The zero-order valence-electron chi connectivity index (χ0n) is 13.7. The highest BCUT2D eigenvalue weighted by atomic mass is 31.3. The van der Waals surface area contributed by atoms with Crippen molar-refractivity contribution in [2.24, 2.45) is 0 Å². The molecule has 0 aliphatic carbocycles. The standard InChI is InChI=1S/C11H17N5O9P2/c1-26(19,20)25-27(21,22)23-2-5-7(17)8(18)11(24-5)16-4-15-6-9(12)13-3-14-10(6)16/h3-5,7-8,11,17-18H,2H2,1H3,(H4,12,13,14,19,20,21,22)/p-1/t5-,7?,8+,11-/m1/s1. The van der Waals surface area contributed by atoms with Gasteiger partial charge in [0.25, 0.3) is 7.82 Å². The highest BCUT2D eigenvalue weighted by Crippen LogP contribution is 2.53. The van der Waals surface area contributed by atoms with Gasteiger partial charge in [0, 0.05) is 6.66 Å². The van der Waals surface area contributed by atoms with Crippen molar-refractivity contribution in [2.75, 3.05) is 19.0 Å². The Balaban J connectivity index is 1.75. The minimum Gasteiger partial charge on any atom is -0.778 e. The summed E-state index contributed by atoms with van der Waals surface area (Å²) in [5.74, 6) is 0.151. The molecule has 0 aromatic carbocycles. The second-order valence-corrected chi connectivity index (χ2v) is 9.13. The molecule has 1 aliphatic heterocycles. The van der Waals surface area contributed by atoms with Gasteiger partial charge in [-0.25, -0.2) is 4.57 Å². The third-order valence-corrected chi connectivity index (χ3v) is 6.16. The topological polar surface area (TPSA) is 220 Å². The molecule has 1 fully saturated rings. The average Bonchev–Trinajstić information content (AvgIpc) is 3.07. The number of hydrogen-bond donors (Lipinski definition) is 4. The quantitative estimate of drug-likeness (QED) is 0.271. The normalized spacial score (nSPS) is 30.3. The first kappa shape index (κ1) is 20.3. The molecule has 6 atom stereocenters. The number of nitrogen functional groups attached to an aromatic ring is 1. The van der Waals surface area contributed by atoms with Crippen molar-refractivity contribution in [1.29, 1.82) is 0 Å². The Morgan fingerprint density at radius 3 is 2.74 bits per heavy atom. The van der Waals surface area contributed by atoms with Crippen molar-refractivity contribution < 1.29 is 47.3 Å². The fourth-order valence-corrected chi connectivity index (χ4v) is 4.55. The summed E-state index contributed by atoms with van der Waals surface area (Å²) in [6, 6.07) is 0. The van der Waals surface area contributed by atoms with Crippen LogP contribution in [0.25, 0.3) is 11.2 Å². The summed E-state index contributed by atoms with van der Waals surface area (Å²) in [4.78, 5) is 33.0. The van der Waals surface area contributed by atoms with Gasteiger partial charge >= 0.3 is 5.65 Å². The molecule has 0 saturated carbocycles. The van der Waals surface area contributed by atoms with Gasteiger partial charge in [0.2, 0.25) is 11.7 Å². The number of nitrogens with one attached hydrogen (secondary N) is 1. The Morgan fingerprint density at radius 1 is 1.37 bits per heavy atom. The smallest absolute Gasteiger partial charge is 0.309 e. The van der Waals surface area contributed by atoms with Crippen molar-refractivity contribution in [3.05, 3.63) is 12.7 Å². The Morgan fingerprint density at radius 2 is 2.07 bits per heavy atom. The van der Waals surface area contributed by atoms with Crippen molar-refractivity contribution >= 4 is 32.4 Å². The number of nitrogens with zero attached hydrogens (tertiary/aromatic N) is 3. The molecule has 150 valence electrons. The molecule has 0 spiro atoms. The third-order valence-electron chi connectivity index (χ3n) is 3.71. The molecule has 0 bridgehead atoms. The SMILES string of the molecule is CP(=O)([O-])OP(=O)([O-])OC[C@H]1O[C@@H]([n+]2c[nH]c3c(N)ncnc32)[C@@H](O)C1O. The Kier molecular flexibility index (Phi) is 5.38. The second kappa shape index (κ2) is 7.17. The first-order chi connectivity index (χ1) is 12.5. The van der Waals surface area contributed by atoms with E-state index in [4.69, 9.17) is 10.5 Å². The molecule has 16 heteroatoms. The maximum Gasteiger partial charge on any atom is 0.309 e. The van der Waals surface area contributed by atoms with E-state index in [-0.39, 0.29) is 11.5 Å². The fourth-order valence-electron chi connectivity index (χ4n) is 2.58. The number of H-pyrrole nitrogens is 1. The lowest BCUT2D eigenvalue weighted by Gasteiger charge is -2.29. The number of aromatic amines is 1. The van der Waals surface area contributed by atoms with Crippen LogP contribution in [0.4, 0.5) is 5.82 Å². The van der Waals surface area contributed by atoms with Gasteiger partial charge in [-0.05, 0) is 0 Å². The van der Waals surface area contributed by atoms with Crippen LogP contribution in [-0.4, -0.2) is 56.7 Å². The van der Waals surface area contributed by atoms with Crippen LogP contribution in [0.2, 0.25) is 0 Å². The van der Waals surface area contributed by atoms with Crippen LogP contribution < -0.4 is 20.1 Å². The number of aliphatic hydroxyl groups is 2. The molecule has 2 aromatic heterocycles. The van der Waals surface area contributed by atoms with Crippen LogP contribution in [0.1, 0.15) is 6.23 Å². The van der Waals surface area contributed by atoms with Crippen LogP contribution in [0.3, 0.4) is 0 Å². The van der Waals surface area contributed by atoms with E-state index in [1.54, 1.807) is 0 Å². The Labute approximate surface area is 151 Å². The number of nitrogens with two attached hydrogens (primary N) is 1. The first-order valence-electron chi connectivity index (χ1n) is 7.44. The molecule has 0 amide bonds. The molecule has 5 N–H and O–H groups in total. The minimum absolute atomic E-state index is 0.151. The van der Waals surface area contributed by atoms with Crippen molar-refractivity contribution in [3.63, 3.8) is 0 Å². The van der Waals surface area contributed by atoms with Crippen LogP contribution in [0.5, 0.6) is 0 Å². The largest absolute Gasteiger partial charge is 0.778 e. The second-order valence-electron chi connectivity index (χ2n) is 5.78. The summed E-state index contributed by atoms with van der Waals surface area (Å²) in [5, 5.41) is 20.3.